The van der Waals surface area contributed by atoms with Gasteiger partial charge in [-0.25, -0.2) is 0 Å². The number of carboxylic acid groups (broad SMARTS) is 1. The summed E-state index contributed by atoms with van der Waals surface area (Å²) in [5, 5.41) is 20.3. The van der Waals surface area contributed by atoms with Crippen molar-refractivity contribution in [3.8, 4) is 0 Å². The van der Waals surface area contributed by atoms with E-state index in [0.717, 1.165) is 12.8 Å². The van der Waals surface area contributed by atoms with E-state index in [9.17, 15) is 14.7 Å². The first-order valence-electron chi connectivity index (χ1n) is 7.90. The number of aliphatic hydroxyl groups excluding tert-OH is 1. The Morgan fingerprint density at radius 2 is 1.73 bits per heavy atom. The minimum atomic E-state index is -1.05. The van der Waals surface area contributed by atoms with Crippen LogP contribution in [0.2, 0.25) is 0 Å². The molecular weight excluding hydrogens is 290 g/mol. The summed E-state index contributed by atoms with van der Waals surface area (Å²) in [6, 6.07) is 0. The van der Waals surface area contributed by atoms with Crippen LogP contribution in [-0.4, -0.2) is 61.2 Å². The third kappa shape index (κ3) is 15.2. The monoisotopic (exact) mass is 319 g/mol. The molecule has 0 saturated heterocycles. The van der Waals surface area contributed by atoms with Crippen LogP contribution in [0.3, 0.4) is 0 Å². The Morgan fingerprint density at radius 3 is 2.41 bits per heavy atom. The molecule has 0 aliphatic carbocycles. The predicted molar refractivity (Wildman–Crippen MR) is 81.7 cm³/mol. The lowest BCUT2D eigenvalue weighted by molar-refractivity contribution is -0.146. The highest BCUT2D eigenvalue weighted by atomic mass is 16.5. The zero-order valence-corrected chi connectivity index (χ0v) is 13.4. The van der Waals surface area contributed by atoms with E-state index >= 15 is 0 Å². The summed E-state index contributed by atoms with van der Waals surface area (Å²) >= 11 is 0. The summed E-state index contributed by atoms with van der Waals surface area (Å²) in [6.07, 6.45) is 6.20. The molecule has 0 amide bonds. The van der Waals surface area contributed by atoms with Gasteiger partial charge in [-0.1, -0.05) is 39.0 Å². The maximum Gasteiger partial charge on any atom is 0.320 e. The largest absolute Gasteiger partial charge is 0.480 e. The number of carbonyl (C=O) groups is 2. The predicted octanol–water partition coefficient (Wildman–Crippen LogP) is 0.942. The lowest BCUT2D eigenvalue weighted by Gasteiger charge is -2.12. The standard InChI is InChI=1S/C15H29NO6/c1-2-3-4-5-6-7-8-21-11-13(17)12-22-15(20)10-16-9-14(18)19/h13,16-17H,2-12H2,1H3,(H,18,19). The van der Waals surface area contributed by atoms with Crippen LogP contribution in [0.4, 0.5) is 0 Å². The second kappa shape index (κ2) is 14.7. The first-order valence-corrected chi connectivity index (χ1v) is 7.90. The molecule has 1 atom stereocenters. The normalized spacial score (nSPS) is 12.1. The minimum absolute atomic E-state index is 0.130. The minimum Gasteiger partial charge on any atom is -0.480 e. The average Bonchev–Trinajstić information content (AvgIpc) is 2.47. The number of esters is 1. The van der Waals surface area contributed by atoms with Crippen LogP contribution in [0.5, 0.6) is 0 Å². The number of rotatable bonds is 15. The average molecular weight is 319 g/mol. The molecule has 130 valence electrons. The number of nitrogens with one attached hydrogen (secondary N) is 1. The number of ether oxygens (including phenoxy) is 2. The molecule has 0 aromatic carbocycles. The number of hydrogen-bond donors (Lipinski definition) is 3. The van der Waals surface area contributed by atoms with Gasteiger partial charge >= 0.3 is 11.9 Å². The van der Waals surface area contributed by atoms with Gasteiger partial charge in [0.15, 0.2) is 0 Å². The second-order valence-electron chi connectivity index (χ2n) is 5.18. The van der Waals surface area contributed by atoms with Crippen molar-refractivity contribution in [2.24, 2.45) is 0 Å². The SMILES string of the molecule is CCCCCCCCOCC(O)COC(=O)CNCC(=O)O. The fourth-order valence-corrected chi connectivity index (χ4v) is 1.76. The summed E-state index contributed by atoms with van der Waals surface area (Å²) < 4.78 is 10.1. The Labute approximate surface area is 132 Å². The fraction of sp³-hybridized carbons (Fsp3) is 0.867. The lowest BCUT2D eigenvalue weighted by atomic mass is 10.1. The summed E-state index contributed by atoms with van der Waals surface area (Å²) in [6.45, 7) is 2.25. The van der Waals surface area contributed by atoms with Crippen molar-refractivity contribution in [1.29, 1.82) is 0 Å². The summed E-state index contributed by atoms with van der Waals surface area (Å²) in [5.74, 6) is -1.65. The number of carbonyl (C=O) groups excluding carboxylic acids is 1. The van der Waals surface area contributed by atoms with Gasteiger partial charge in [-0.2, -0.15) is 0 Å². The topological polar surface area (TPSA) is 105 Å². The molecule has 0 heterocycles. The molecule has 0 bridgehead atoms. The van der Waals surface area contributed by atoms with Gasteiger partial charge in [-0.3, -0.25) is 14.9 Å². The van der Waals surface area contributed by atoms with Gasteiger partial charge < -0.3 is 19.7 Å². The third-order valence-corrected chi connectivity index (χ3v) is 2.93. The van der Waals surface area contributed by atoms with E-state index in [4.69, 9.17) is 14.6 Å². The highest BCUT2D eigenvalue weighted by Crippen LogP contribution is 2.05. The molecule has 3 N–H and O–H groups in total. The van der Waals surface area contributed by atoms with Crippen molar-refractivity contribution < 1.29 is 29.3 Å². The van der Waals surface area contributed by atoms with Gasteiger partial charge in [-0.05, 0) is 6.42 Å². The molecular formula is C15H29NO6. The smallest absolute Gasteiger partial charge is 0.320 e. The fourth-order valence-electron chi connectivity index (χ4n) is 1.76. The van der Waals surface area contributed by atoms with Crippen LogP contribution >= 0.6 is 0 Å². The first-order chi connectivity index (χ1) is 10.6. The Bertz CT molecular complexity index is 298. The molecule has 0 saturated carbocycles. The summed E-state index contributed by atoms with van der Waals surface area (Å²) in [5.41, 5.74) is 0. The van der Waals surface area contributed by atoms with Gasteiger partial charge in [-0.15, -0.1) is 0 Å². The molecule has 0 aliphatic heterocycles. The van der Waals surface area contributed by atoms with Crippen molar-refractivity contribution in [3.63, 3.8) is 0 Å². The van der Waals surface area contributed by atoms with E-state index in [-0.39, 0.29) is 26.3 Å². The molecule has 0 radical (unpaired) electrons. The molecule has 7 nitrogen and oxygen atoms in total. The van der Waals surface area contributed by atoms with Crippen molar-refractivity contribution in [1.82, 2.24) is 5.32 Å². The summed E-state index contributed by atoms with van der Waals surface area (Å²) in [4.78, 5) is 21.4. The van der Waals surface area contributed by atoms with Crippen LogP contribution in [-0.2, 0) is 19.1 Å². The van der Waals surface area contributed by atoms with E-state index in [1.165, 1.54) is 25.7 Å². The molecule has 1 unspecified atom stereocenters. The molecule has 0 rings (SSSR count). The van der Waals surface area contributed by atoms with Crippen LogP contribution < -0.4 is 5.32 Å². The Morgan fingerprint density at radius 1 is 1.05 bits per heavy atom. The highest BCUT2D eigenvalue weighted by Gasteiger charge is 2.09. The number of carboxylic acids is 1. The molecule has 7 heteroatoms. The van der Waals surface area contributed by atoms with Crippen molar-refractivity contribution >= 4 is 11.9 Å². The Hall–Kier alpha value is -1.18. The molecule has 0 fully saturated rings. The molecule has 0 aromatic rings. The van der Waals surface area contributed by atoms with Gasteiger partial charge in [0.05, 0.1) is 19.7 Å². The van der Waals surface area contributed by atoms with E-state index in [1.54, 1.807) is 0 Å². The Balaban J connectivity index is 3.36. The van der Waals surface area contributed by atoms with Crippen molar-refractivity contribution in [2.45, 2.75) is 51.6 Å². The van der Waals surface area contributed by atoms with Crippen LogP contribution in [0, 0.1) is 0 Å². The zero-order chi connectivity index (χ0) is 16.6. The molecule has 22 heavy (non-hydrogen) atoms. The number of aliphatic hydroxyl groups is 1. The quantitative estimate of drug-likeness (QED) is 0.305. The maximum atomic E-state index is 11.2. The third-order valence-electron chi connectivity index (χ3n) is 2.93. The number of hydrogen-bond acceptors (Lipinski definition) is 6. The molecule has 0 aliphatic rings. The number of unbranched alkanes of at least 4 members (excludes halogenated alkanes) is 5. The van der Waals surface area contributed by atoms with Gasteiger partial charge in [0.1, 0.15) is 12.7 Å². The van der Waals surface area contributed by atoms with Crippen molar-refractivity contribution in [2.75, 3.05) is 32.9 Å². The summed E-state index contributed by atoms with van der Waals surface area (Å²) in [7, 11) is 0. The van der Waals surface area contributed by atoms with Gasteiger partial charge in [0, 0.05) is 6.61 Å². The van der Waals surface area contributed by atoms with E-state index < -0.39 is 18.0 Å². The van der Waals surface area contributed by atoms with Crippen LogP contribution in [0.1, 0.15) is 45.4 Å². The molecule has 0 aromatic heterocycles. The highest BCUT2D eigenvalue weighted by molar-refractivity contribution is 5.73. The van der Waals surface area contributed by atoms with Gasteiger partial charge in [0.25, 0.3) is 0 Å². The van der Waals surface area contributed by atoms with Crippen molar-refractivity contribution in [3.05, 3.63) is 0 Å². The zero-order valence-electron chi connectivity index (χ0n) is 13.4. The molecule has 0 spiro atoms. The lowest BCUT2D eigenvalue weighted by Crippen LogP contribution is -2.32. The van der Waals surface area contributed by atoms with E-state index in [2.05, 4.69) is 12.2 Å². The number of aliphatic carboxylic acids is 1. The Kier molecular flexibility index (Phi) is 14.0. The first kappa shape index (κ1) is 20.8. The van der Waals surface area contributed by atoms with Gasteiger partial charge in [0.2, 0.25) is 0 Å². The maximum absolute atomic E-state index is 11.2. The van der Waals surface area contributed by atoms with E-state index in [1.807, 2.05) is 0 Å². The van der Waals surface area contributed by atoms with Crippen LogP contribution in [0.15, 0.2) is 0 Å². The second-order valence-corrected chi connectivity index (χ2v) is 5.18. The van der Waals surface area contributed by atoms with Crippen LogP contribution in [0.25, 0.3) is 0 Å². The van der Waals surface area contributed by atoms with E-state index in [0.29, 0.717) is 6.61 Å².